The predicted octanol–water partition coefficient (Wildman–Crippen LogP) is 3.97. The molecule has 1 unspecified atom stereocenters. The van der Waals surface area contributed by atoms with E-state index in [1.54, 1.807) is 14.2 Å². The van der Waals surface area contributed by atoms with Crippen LogP contribution in [-0.2, 0) is 0 Å². The summed E-state index contributed by atoms with van der Waals surface area (Å²) in [5.74, 6) is 1.57. The Labute approximate surface area is 130 Å². The molecular formula is C17H20ClNO2. The molecule has 112 valence electrons. The lowest BCUT2D eigenvalue weighted by atomic mass is 9.93. The van der Waals surface area contributed by atoms with Crippen molar-refractivity contribution in [3.8, 4) is 11.5 Å². The van der Waals surface area contributed by atoms with Crippen LogP contribution in [0.25, 0.3) is 0 Å². The monoisotopic (exact) mass is 305 g/mol. The van der Waals surface area contributed by atoms with Crippen molar-refractivity contribution in [3.63, 3.8) is 0 Å². The molecule has 0 aliphatic rings. The number of hydrogen-bond acceptors (Lipinski definition) is 3. The van der Waals surface area contributed by atoms with Crippen molar-refractivity contribution < 1.29 is 9.47 Å². The van der Waals surface area contributed by atoms with Crippen molar-refractivity contribution in [1.29, 1.82) is 0 Å². The lowest BCUT2D eigenvalue weighted by Crippen LogP contribution is -2.20. The summed E-state index contributed by atoms with van der Waals surface area (Å²) in [4.78, 5) is 0. The summed E-state index contributed by atoms with van der Waals surface area (Å²) in [6.07, 6.45) is 0. The van der Waals surface area contributed by atoms with Crippen LogP contribution in [0, 0.1) is 6.92 Å². The highest BCUT2D eigenvalue weighted by molar-refractivity contribution is 6.30. The fourth-order valence-corrected chi connectivity index (χ4v) is 2.72. The second-order valence-corrected chi connectivity index (χ2v) is 5.24. The molecule has 21 heavy (non-hydrogen) atoms. The van der Waals surface area contributed by atoms with E-state index >= 15 is 0 Å². The van der Waals surface area contributed by atoms with Gasteiger partial charge in [0.1, 0.15) is 11.5 Å². The van der Waals surface area contributed by atoms with Crippen LogP contribution in [0.15, 0.2) is 36.4 Å². The molecule has 0 bridgehead atoms. The predicted molar refractivity (Wildman–Crippen MR) is 86.6 cm³/mol. The lowest BCUT2D eigenvalue weighted by molar-refractivity contribution is 0.378. The SMILES string of the molecule is CNC(c1cc(Cl)ccc1C)c1c(OC)cccc1OC. The normalized spacial score (nSPS) is 12.0. The van der Waals surface area contributed by atoms with E-state index in [9.17, 15) is 0 Å². The second kappa shape index (κ2) is 6.83. The van der Waals surface area contributed by atoms with Gasteiger partial charge in [0.25, 0.3) is 0 Å². The molecule has 0 spiro atoms. The molecule has 0 fully saturated rings. The number of nitrogens with one attached hydrogen (secondary N) is 1. The van der Waals surface area contributed by atoms with Crippen molar-refractivity contribution in [2.75, 3.05) is 21.3 Å². The molecule has 1 atom stereocenters. The van der Waals surface area contributed by atoms with Gasteiger partial charge in [0, 0.05) is 5.02 Å². The molecule has 0 aliphatic carbocycles. The third-order valence-electron chi connectivity index (χ3n) is 3.60. The van der Waals surface area contributed by atoms with Crippen molar-refractivity contribution in [1.82, 2.24) is 5.32 Å². The quantitative estimate of drug-likeness (QED) is 0.906. The fourth-order valence-electron chi connectivity index (χ4n) is 2.54. The molecule has 0 heterocycles. The molecule has 3 nitrogen and oxygen atoms in total. The molecule has 1 N–H and O–H groups in total. The minimum absolute atomic E-state index is 0.0604. The Balaban J connectivity index is 2.63. The minimum atomic E-state index is -0.0604. The molecule has 0 aromatic heterocycles. The Bertz CT molecular complexity index is 606. The Hall–Kier alpha value is -1.71. The number of halogens is 1. The molecular weight excluding hydrogens is 286 g/mol. The topological polar surface area (TPSA) is 30.5 Å². The maximum atomic E-state index is 6.16. The first kappa shape index (κ1) is 15.7. The van der Waals surface area contributed by atoms with Crippen molar-refractivity contribution in [2.24, 2.45) is 0 Å². The number of rotatable bonds is 5. The highest BCUT2D eigenvalue weighted by Gasteiger charge is 2.22. The van der Waals surface area contributed by atoms with Gasteiger partial charge in [-0.15, -0.1) is 0 Å². The highest BCUT2D eigenvalue weighted by Crippen LogP contribution is 2.38. The van der Waals surface area contributed by atoms with Gasteiger partial charge in [0.05, 0.1) is 25.8 Å². The highest BCUT2D eigenvalue weighted by atomic mass is 35.5. The van der Waals surface area contributed by atoms with Crippen molar-refractivity contribution in [3.05, 3.63) is 58.1 Å². The summed E-state index contributed by atoms with van der Waals surface area (Å²) < 4.78 is 11.0. The van der Waals surface area contributed by atoms with Gasteiger partial charge in [-0.3, -0.25) is 0 Å². The van der Waals surface area contributed by atoms with Crippen molar-refractivity contribution in [2.45, 2.75) is 13.0 Å². The Morgan fingerprint density at radius 2 is 1.67 bits per heavy atom. The standard InChI is InChI=1S/C17H20ClNO2/c1-11-8-9-12(18)10-13(11)17(19-2)16-14(20-3)6-5-7-15(16)21-4/h5-10,17,19H,1-4H3. The summed E-state index contributed by atoms with van der Waals surface area (Å²) >= 11 is 6.16. The van der Waals surface area contributed by atoms with Gasteiger partial charge < -0.3 is 14.8 Å². The van der Waals surface area contributed by atoms with E-state index in [1.165, 1.54) is 0 Å². The second-order valence-electron chi connectivity index (χ2n) is 4.80. The van der Waals surface area contributed by atoms with Gasteiger partial charge in [0.2, 0.25) is 0 Å². The van der Waals surface area contributed by atoms with Crippen molar-refractivity contribution >= 4 is 11.6 Å². The molecule has 2 aromatic carbocycles. The van der Waals surface area contributed by atoms with E-state index in [0.29, 0.717) is 5.02 Å². The van der Waals surface area contributed by atoms with Crippen LogP contribution in [0.3, 0.4) is 0 Å². The summed E-state index contributed by atoms with van der Waals surface area (Å²) in [5.41, 5.74) is 3.23. The van der Waals surface area contributed by atoms with Crippen LogP contribution in [0.1, 0.15) is 22.7 Å². The van der Waals surface area contributed by atoms with E-state index in [0.717, 1.165) is 28.2 Å². The summed E-state index contributed by atoms with van der Waals surface area (Å²) in [6, 6.07) is 11.6. The lowest BCUT2D eigenvalue weighted by Gasteiger charge is -2.24. The smallest absolute Gasteiger partial charge is 0.127 e. The van der Waals surface area contributed by atoms with Gasteiger partial charge in [-0.25, -0.2) is 0 Å². The first-order valence-corrected chi connectivity index (χ1v) is 7.14. The number of methoxy groups -OCH3 is 2. The zero-order valence-corrected chi connectivity index (χ0v) is 13.5. The van der Waals surface area contributed by atoms with E-state index < -0.39 is 0 Å². The number of hydrogen-bond donors (Lipinski definition) is 1. The largest absolute Gasteiger partial charge is 0.496 e. The van der Waals surface area contributed by atoms with E-state index in [2.05, 4.69) is 12.2 Å². The number of aryl methyl sites for hydroxylation is 1. The molecule has 2 rings (SSSR count). The molecule has 0 radical (unpaired) electrons. The van der Waals surface area contributed by atoms with Crippen LogP contribution < -0.4 is 14.8 Å². The van der Waals surface area contributed by atoms with Gasteiger partial charge in [-0.2, -0.15) is 0 Å². The van der Waals surface area contributed by atoms with Crippen LogP contribution in [0.5, 0.6) is 11.5 Å². The van der Waals surface area contributed by atoms with Crippen LogP contribution in [0.4, 0.5) is 0 Å². The number of ether oxygens (including phenoxy) is 2. The zero-order valence-electron chi connectivity index (χ0n) is 12.7. The third kappa shape index (κ3) is 3.14. The Kier molecular flexibility index (Phi) is 5.10. The first-order chi connectivity index (χ1) is 10.1. The van der Waals surface area contributed by atoms with Gasteiger partial charge in [0.15, 0.2) is 0 Å². The van der Waals surface area contributed by atoms with Crippen LogP contribution in [-0.4, -0.2) is 21.3 Å². The molecule has 4 heteroatoms. The minimum Gasteiger partial charge on any atom is -0.496 e. The maximum absolute atomic E-state index is 6.16. The summed E-state index contributed by atoms with van der Waals surface area (Å²) in [5, 5.41) is 4.05. The van der Waals surface area contributed by atoms with Gasteiger partial charge >= 0.3 is 0 Å². The molecule has 0 saturated heterocycles. The first-order valence-electron chi connectivity index (χ1n) is 6.76. The van der Waals surface area contributed by atoms with Gasteiger partial charge in [-0.05, 0) is 49.4 Å². The van der Waals surface area contributed by atoms with Gasteiger partial charge in [-0.1, -0.05) is 23.7 Å². The molecule has 0 amide bonds. The van der Waals surface area contributed by atoms with E-state index in [-0.39, 0.29) is 6.04 Å². The fraction of sp³-hybridized carbons (Fsp3) is 0.294. The Morgan fingerprint density at radius 1 is 1.05 bits per heavy atom. The average molecular weight is 306 g/mol. The number of benzene rings is 2. The molecule has 0 aliphatic heterocycles. The summed E-state index contributed by atoms with van der Waals surface area (Å²) in [6.45, 7) is 2.07. The maximum Gasteiger partial charge on any atom is 0.127 e. The average Bonchev–Trinajstić information content (AvgIpc) is 2.51. The van der Waals surface area contributed by atoms with E-state index in [1.807, 2.05) is 43.4 Å². The summed E-state index contributed by atoms with van der Waals surface area (Å²) in [7, 11) is 5.24. The zero-order chi connectivity index (χ0) is 15.4. The molecule has 0 saturated carbocycles. The van der Waals surface area contributed by atoms with E-state index in [4.69, 9.17) is 21.1 Å². The van der Waals surface area contributed by atoms with Crippen LogP contribution >= 0.6 is 11.6 Å². The third-order valence-corrected chi connectivity index (χ3v) is 3.83. The molecule has 2 aromatic rings. The van der Waals surface area contributed by atoms with Crippen LogP contribution in [0.2, 0.25) is 5.02 Å². The Morgan fingerprint density at radius 3 is 2.19 bits per heavy atom.